The van der Waals surface area contributed by atoms with Crippen molar-refractivity contribution in [3.05, 3.63) is 0 Å². The molecule has 0 spiro atoms. The number of imide groups is 2. The van der Waals surface area contributed by atoms with E-state index in [0.29, 0.717) is 12.3 Å². The largest absolute Gasteiger partial charge is 0.337 e. The molecule has 136 valence electrons. The first-order chi connectivity index (χ1) is 11.5. The van der Waals surface area contributed by atoms with Crippen LogP contribution in [0.4, 0.5) is 9.59 Å². The normalized spacial score (nSPS) is 14.0. The Bertz CT molecular complexity index is 456. The van der Waals surface area contributed by atoms with Crippen molar-refractivity contribution in [2.75, 3.05) is 18.1 Å². The molecule has 10 heteroatoms. The molecule has 0 unspecified atom stereocenters. The molecule has 24 heavy (non-hydrogen) atoms. The highest BCUT2D eigenvalue weighted by molar-refractivity contribution is 8.76. The van der Waals surface area contributed by atoms with Gasteiger partial charge < -0.3 is 10.6 Å². The van der Waals surface area contributed by atoms with Gasteiger partial charge in [-0.3, -0.25) is 20.2 Å². The summed E-state index contributed by atoms with van der Waals surface area (Å²) in [6.45, 7) is 2.04. The predicted molar refractivity (Wildman–Crippen MR) is 95.7 cm³/mol. The maximum atomic E-state index is 11.6. The van der Waals surface area contributed by atoms with E-state index >= 15 is 0 Å². The van der Waals surface area contributed by atoms with E-state index in [1.165, 1.54) is 21.6 Å². The molecule has 6 amide bonds. The highest BCUT2D eigenvalue weighted by atomic mass is 33.1. The van der Waals surface area contributed by atoms with Gasteiger partial charge in [0.25, 0.3) is 0 Å². The number of nitrogens with one attached hydrogen (secondary N) is 4. The molecular formula is C14H24N4O4S2. The molecule has 1 aliphatic rings. The van der Waals surface area contributed by atoms with Crippen molar-refractivity contribution >= 4 is 45.5 Å². The van der Waals surface area contributed by atoms with Crippen LogP contribution in [0.5, 0.6) is 0 Å². The molecule has 1 aliphatic carbocycles. The predicted octanol–water partition coefficient (Wildman–Crippen LogP) is 1.37. The Balaban J connectivity index is 1.98. The lowest BCUT2D eigenvalue weighted by atomic mass is 10.2. The summed E-state index contributed by atoms with van der Waals surface area (Å²) in [6, 6.07) is -0.776. The molecule has 0 aromatic rings. The number of hydrogen-bond donors (Lipinski definition) is 4. The Morgan fingerprint density at radius 2 is 1.62 bits per heavy atom. The lowest BCUT2D eigenvalue weighted by Crippen LogP contribution is -2.44. The average molecular weight is 377 g/mol. The van der Waals surface area contributed by atoms with E-state index in [-0.39, 0.29) is 30.0 Å². The SMILES string of the molecule is CCC(=O)NC(=O)NCCSSCC(=O)NC(=O)NC1CCCC1. The highest BCUT2D eigenvalue weighted by Crippen LogP contribution is 2.20. The van der Waals surface area contributed by atoms with Crippen LogP contribution >= 0.6 is 21.6 Å². The van der Waals surface area contributed by atoms with Crippen LogP contribution in [0.3, 0.4) is 0 Å². The zero-order chi connectivity index (χ0) is 17.8. The van der Waals surface area contributed by atoms with Gasteiger partial charge in [0.2, 0.25) is 11.8 Å². The molecule has 0 aliphatic heterocycles. The van der Waals surface area contributed by atoms with Crippen LogP contribution in [-0.2, 0) is 9.59 Å². The highest BCUT2D eigenvalue weighted by Gasteiger charge is 2.18. The van der Waals surface area contributed by atoms with E-state index in [0.717, 1.165) is 25.7 Å². The van der Waals surface area contributed by atoms with Crippen molar-refractivity contribution in [2.24, 2.45) is 0 Å². The van der Waals surface area contributed by atoms with Crippen molar-refractivity contribution in [2.45, 2.75) is 45.1 Å². The minimum absolute atomic E-state index is 0.156. The number of amides is 6. The molecule has 1 rings (SSSR count). The average Bonchev–Trinajstić information content (AvgIpc) is 3.03. The second-order valence-corrected chi connectivity index (χ2v) is 7.83. The summed E-state index contributed by atoms with van der Waals surface area (Å²) in [5, 5.41) is 9.80. The Morgan fingerprint density at radius 1 is 0.958 bits per heavy atom. The van der Waals surface area contributed by atoms with E-state index in [9.17, 15) is 19.2 Å². The molecule has 8 nitrogen and oxygen atoms in total. The maximum absolute atomic E-state index is 11.6. The minimum Gasteiger partial charge on any atom is -0.337 e. The van der Waals surface area contributed by atoms with Crippen LogP contribution in [0, 0.1) is 0 Å². The Labute approximate surface area is 149 Å². The fourth-order valence-corrected chi connectivity index (χ4v) is 3.81. The molecule has 0 aromatic heterocycles. The van der Waals surface area contributed by atoms with Crippen molar-refractivity contribution in [1.82, 2.24) is 21.3 Å². The zero-order valence-electron chi connectivity index (χ0n) is 13.7. The first-order valence-electron chi connectivity index (χ1n) is 7.93. The second-order valence-electron chi connectivity index (χ2n) is 5.24. The number of carbonyl (C=O) groups is 4. The third kappa shape index (κ3) is 9.66. The third-order valence-corrected chi connectivity index (χ3v) is 5.53. The van der Waals surface area contributed by atoms with Crippen LogP contribution in [0.2, 0.25) is 0 Å². The Kier molecular flexibility index (Phi) is 10.3. The smallest absolute Gasteiger partial charge is 0.321 e. The second kappa shape index (κ2) is 12.0. The summed E-state index contributed by atoms with van der Waals surface area (Å²) in [5.74, 6) is 0.0628. The van der Waals surface area contributed by atoms with Gasteiger partial charge in [-0.15, -0.1) is 0 Å². The van der Waals surface area contributed by atoms with Crippen molar-refractivity contribution in [1.29, 1.82) is 0 Å². The van der Waals surface area contributed by atoms with Gasteiger partial charge in [0.05, 0.1) is 5.75 Å². The van der Waals surface area contributed by atoms with Gasteiger partial charge in [-0.1, -0.05) is 41.4 Å². The maximum Gasteiger partial charge on any atom is 0.321 e. The number of rotatable bonds is 8. The molecule has 0 atom stereocenters. The molecule has 1 saturated carbocycles. The van der Waals surface area contributed by atoms with Gasteiger partial charge in [0.1, 0.15) is 0 Å². The number of hydrogen-bond acceptors (Lipinski definition) is 6. The van der Waals surface area contributed by atoms with Gasteiger partial charge in [0, 0.05) is 24.8 Å². The standard InChI is InChI=1S/C14H24N4O4S2/c1-2-11(19)17-13(21)15-7-8-23-24-9-12(20)18-14(22)16-10-5-3-4-6-10/h10H,2-9H2,1H3,(H2,15,17,19,21)(H2,16,18,20,22). The van der Waals surface area contributed by atoms with E-state index in [4.69, 9.17) is 0 Å². The zero-order valence-corrected chi connectivity index (χ0v) is 15.3. The molecule has 0 heterocycles. The van der Waals surface area contributed by atoms with Crippen molar-refractivity contribution in [3.63, 3.8) is 0 Å². The summed E-state index contributed by atoms with van der Waals surface area (Å²) in [4.78, 5) is 45.4. The fraction of sp³-hybridized carbons (Fsp3) is 0.714. The summed E-state index contributed by atoms with van der Waals surface area (Å²) in [6.07, 6.45) is 4.42. The Morgan fingerprint density at radius 3 is 2.29 bits per heavy atom. The van der Waals surface area contributed by atoms with Gasteiger partial charge in [0.15, 0.2) is 0 Å². The van der Waals surface area contributed by atoms with Gasteiger partial charge in [-0.2, -0.15) is 0 Å². The third-order valence-electron chi connectivity index (χ3n) is 3.26. The van der Waals surface area contributed by atoms with Crippen molar-refractivity contribution in [3.8, 4) is 0 Å². The molecule has 0 saturated heterocycles. The molecular weight excluding hydrogens is 352 g/mol. The summed E-state index contributed by atoms with van der Waals surface area (Å²) in [7, 11) is 2.71. The molecule has 4 N–H and O–H groups in total. The van der Waals surface area contributed by atoms with E-state index in [1.807, 2.05) is 0 Å². The van der Waals surface area contributed by atoms with E-state index in [1.54, 1.807) is 6.92 Å². The molecule has 0 aromatic carbocycles. The first-order valence-corrected chi connectivity index (χ1v) is 10.4. The van der Waals surface area contributed by atoms with Gasteiger partial charge in [-0.05, 0) is 12.8 Å². The topological polar surface area (TPSA) is 116 Å². The lowest BCUT2D eigenvalue weighted by Gasteiger charge is -2.12. The number of urea groups is 2. The molecule has 1 fully saturated rings. The van der Waals surface area contributed by atoms with Crippen molar-refractivity contribution < 1.29 is 19.2 Å². The fourth-order valence-electron chi connectivity index (χ4n) is 2.07. The van der Waals surface area contributed by atoms with Crippen LogP contribution in [0.25, 0.3) is 0 Å². The van der Waals surface area contributed by atoms with Crippen LogP contribution in [-0.4, -0.2) is 48.0 Å². The molecule has 0 bridgehead atoms. The van der Waals surface area contributed by atoms with E-state index < -0.39 is 12.1 Å². The summed E-state index contributed by atoms with van der Waals surface area (Å²) in [5.41, 5.74) is 0. The van der Waals surface area contributed by atoms with Crippen LogP contribution < -0.4 is 21.3 Å². The van der Waals surface area contributed by atoms with Gasteiger partial charge >= 0.3 is 12.1 Å². The number of carbonyl (C=O) groups excluding carboxylic acids is 4. The van der Waals surface area contributed by atoms with E-state index in [2.05, 4.69) is 21.3 Å². The quantitative estimate of drug-likeness (QED) is 0.376. The molecule has 0 radical (unpaired) electrons. The lowest BCUT2D eigenvalue weighted by molar-refractivity contribution is -0.120. The van der Waals surface area contributed by atoms with Gasteiger partial charge in [-0.25, -0.2) is 9.59 Å². The van der Waals surface area contributed by atoms with Crippen LogP contribution in [0.1, 0.15) is 39.0 Å². The monoisotopic (exact) mass is 376 g/mol. The first kappa shape index (κ1) is 20.6. The Hall–Kier alpha value is -1.42. The minimum atomic E-state index is -0.520. The summed E-state index contributed by atoms with van der Waals surface area (Å²) >= 11 is 0. The van der Waals surface area contributed by atoms with Crippen LogP contribution in [0.15, 0.2) is 0 Å². The summed E-state index contributed by atoms with van der Waals surface area (Å²) < 4.78 is 0.